The Balaban J connectivity index is 3.22. The molecule has 0 fully saturated rings. The fourth-order valence-electron chi connectivity index (χ4n) is 1.01. The number of aromatic hydroxyl groups is 1. The summed E-state index contributed by atoms with van der Waals surface area (Å²) in [5.41, 5.74) is 6.49. The van der Waals surface area contributed by atoms with Crippen molar-refractivity contribution in [3.05, 3.63) is 22.7 Å². The van der Waals surface area contributed by atoms with Crippen LogP contribution in [0.15, 0.2) is 12.1 Å². The molecule has 0 saturated carbocycles. The number of halogens is 1. The maximum Gasteiger partial charge on any atom is 0.176 e. The van der Waals surface area contributed by atoms with E-state index in [0.717, 1.165) is 5.56 Å². The number of phenols is 1. The number of nitrogens with two attached hydrogens (primary N) is 1. The number of methoxy groups -OCH3 is 1. The second-order valence-corrected chi connectivity index (χ2v) is 3.25. The van der Waals surface area contributed by atoms with E-state index < -0.39 is 0 Å². The van der Waals surface area contributed by atoms with Crippen molar-refractivity contribution in [1.29, 1.82) is 0 Å². The third kappa shape index (κ3) is 2.05. The smallest absolute Gasteiger partial charge is 0.176 e. The van der Waals surface area contributed by atoms with Crippen LogP contribution in [-0.2, 0) is 0 Å². The summed E-state index contributed by atoms with van der Waals surface area (Å²) in [7, 11) is 1.47. The maximum absolute atomic E-state index is 9.41. The van der Waals surface area contributed by atoms with Crippen LogP contribution in [0.3, 0.4) is 0 Å². The standard InChI is InChI=1S/C9H12ClNO2/c1-5(11)6-3-7(10)9(12)8(4-6)13-2/h3-5,12H,11H2,1-2H3/t5-/m0/s1. The van der Waals surface area contributed by atoms with Gasteiger partial charge in [0.2, 0.25) is 0 Å². The van der Waals surface area contributed by atoms with Gasteiger partial charge in [0.25, 0.3) is 0 Å². The Bertz CT molecular complexity index is 313. The molecule has 0 heterocycles. The molecule has 0 aliphatic carbocycles. The van der Waals surface area contributed by atoms with Gasteiger partial charge in [0.05, 0.1) is 12.1 Å². The largest absolute Gasteiger partial charge is 0.503 e. The topological polar surface area (TPSA) is 55.5 Å². The molecule has 4 heteroatoms. The highest BCUT2D eigenvalue weighted by Gasteiger charge is 2.10. The van der Waals surface area contributed by atoms with E-state index in [2.05, 4.69) is 0 Å². The molecule has 0 aromatic heterocycles. The first kappa shape index (κ1) is 10.2. The first-order valence-corrected chi connectivity index (χ1v) is 4.26. The average molecular weight is 202 g/mol. The molecular weight excluding hydrogens is 190 g/mol. The summed E-state index contributed by atoms with van der Waals surface area (Å²) in [4.78, 5) is 0. The van der Waals surface area contributed by atoms with Crippen molar-refractivity contribution in [3.63, 3.8) is 0 Å². The number of hydrogen-bond donors (Lipinski definition) is 2. The molecule has 0 unspecified atom stereocenters. The lowest BCUT2D eigenvalue weighted by atomic mass is 10.1. The Morgan fingerprint density at radius 3 is 2.62 bits per heavy atom. The second kappa shape index (κ2) is 3.85. The molecule has 72 valence electrons. The maximum atomic E-state index is 9.41. The summed E-state index contributed by atoms with van der Waals surface area (Å²) in [6.45, 7) is 1.84. The molecule has 0 aliphatic rings. The minimum Gasteiger partial charge on any atom is -0.503 e. The highest BCUT2D eigenvalue weighted by molar-refractivity contribution is 6.32. The van der Waals surface area contributed by atoms with E-state index in [-0.39, 0.29) is 16.8 Å². The first-order valence-electron chi connectivity index (χ1n) is 3.88. The van der Waals surface area contributed by atoms with Gasteiger partial charge >= 0.3 is 0 Å². The Hall–Kier alpha value is -0.930. The third-order valence-electron chi connectivity index (χ3n) is 1.80. The minimum atomic E-state index is -0.132. The average Bonchev–Trinajstić information content (AvgIpc) is 2.09. The summed E-state index contributed by atoms with van der Waals surface area (Å²) in [5.74, 6) is 0.299. The number of phenolic OH excluding ortho intramolecular Hbond substituents is 1. The van der Waals surface area contributed by atoms with E-state index in [1.165, 1.54) is 7.11 Å². The van der Waals surface area contributed by atoms with Crippen molar-refractivity contribution in [2.75, 3.05) is 7.11 Å². The minimum absolute atomic E-state index is 0.0476. The molecule has 0 bridgehead atoms. The van der Waals surface area contributed by atoms with Gasteiger partial charge in [-0.15, -0.1) is 0 Å². The first-order chi connectivity index (χ1) is 6.06. The van der Waals surface area contributed by atoms with Gasteiger partial charge in [-0.25, -0.2) is 0 Å². The molecule has 3 nitrogen and oxygen atoms in total. The zero-order valence-corrected chi connectivity index (χ0v) is 8.30. The van der Waals surface area contributed by atoms with E-state index in [4.69, 9.17) is 22.1 Å². The fourth-order valence-corrected chi connectivity index (χ4v) is 1.23. The zero-order valence-electron chi connectivity index (χ0n) is 7.54. The van der Waals surface area contributed by atoms with Gasteiger partial charge in [0.1, 0.15) is 0 Å². The summed E-state index contributed by atoms with van der Waals surface area (Å²) in [5, 5.41) is 9.66. The van der Waals surface area contributed by atoms with Gasteiger partial charge in [0.15, 0.2) is 11.5 Å². The molecule has 0 spiro atoms. The quantitative estimate of drug-likeness (QED) is 0.770. The molecule has 3 N–H and O–H groups in total. The molecule has 0 amide bonds. The number of ether oxygens (including phenoxy) is 1. The van der Waals surface area contributed by atoms with Gasteiger partial charge in [0, 0.05) is 6.04 Å². The lowest BCUT2D eigenvalue weighted by Gasteiger charge is -2.10. The molecule has 0 saturated heterocycles. The van der Waals surface area contributed by atoms with Crippen LogP contribution >= 0.6 is 11.6 Å². The number of rotatable bonds is 2. The van der Waals surface area contributed by atoms with Crippen molar-refractivity contribution in [2.24, 2.45) is 5.73 Å². The van der Waals surface area contributed by atoms with E-state index in [1.807, 2.05) is 6.92 Å². The van der Waals surface area contributed by atoms with Crippen LogP contribution in [0, 0.1) is 0 Å². The summed E-state index contributed by atoms with van der Waals surface area (Å²) in [6, 6.07) is 3.17. The molecule has 1 rings (SSSR count). The molecule has 1 aromatic carbocycles. The summed E-state index contributed by atoms with van der Waals surface area (Å²) < 4.78 is 4.93. The monoisotopic (exact) mass is 201 g/mol. The Kier molecular flexibility index (Phi) is 3.01. The molecular formula is C9H12ClNO2. The number of hydrogen-bond acceptors (Lipinski definition) is 3. The second-order valence-electron chi connectivity index (χ2n) is 2.84. The van der Waals surface area contributed by atoms with Gasteiger partial charge in [-0.3, -0.25) is 0 Å². The van der Waals surface area contributed by atoms with Crippen LogP contribution in [-0.4, -0.2) is 12.2 Å². The highest BCUT2D eigenvalue weighted by Crippen LogP contribution is 2.36. The third-order valence-corrected chi connectivity index (χ3v) is 2.08. The predicted octanol–water partition coefficient (Wildman–Crippen LogP) is 2.07. The van der Waals surface area contributed by atoms with Crippen LogP contribution in [0.25, 0.3) is 0 Å². The number of benzene rings is 1. The SMILES string of the molecule is COc1cc([C@H](C)N)cc(Cl)c1O. The van der Waals surface area contributed by atoms with Gasteiger partial charge in [-0.05, 0) is 24.6 Å². The van der Waals surface area contributed by atoms with E-state index >= 15 is 0 Å². The van der Waals surface area contributed by atoms with Crippen molar-refractivity contribution < 1.29 is 9.84 Å². The Morgan fingerprint density at radius 2 is 2.15 bits per heavy atom. The molecule has 1 aromatic rings. The van der Waals surface area contributed by atoms with Crippen LogP contribution in [0.2, 0.25) is 5.02 Å². The van der Waals surface area contributed by atoms with E-state index in [0.29, 0.717) is 5.75 Å². The van der Waals surface area contributed by atoms with Crippen LogP contribution in [0.1, 0.15) is 18.5 Å². The van der Waals surface area contributed by atoms with Crippen molar-refractivity contribution in [2.45, 2.75) is 13.0 Å². The van der Waals surface area contributed by atoms with Crippen LogP contribution < -0.4 is 10.5 Å². The fraction of sp³-hybridized carbons (Fsp3) is 0.333. The normalized spacial score (nSPS) is 12.6. The van der Waals surface area contributed by atoms with Crippen LogP contribution in [0.4, 0.5) is 0 Å². The van der Waals surface area contributed by atoms with Crippen molar-refractivity contribution in [1.82, 2.24) is 0 Å². The van der Waals surface area contributed by atoms with E-state index in [9.17, 15) is 5.11 Å². The Labute approximate surface area is 82.1 Å². The Morgan fingerprint density at radius 1 is 1.54 bits per heavy atom. The van der Waals surface area contributed by atoms with Crippen molar-refractivity contribution in [3.8, 4) is 11.5 Å². The predicted molar refractivity (Wildman–Crippen MR) is 52.3 cm³/mol. The van der Waals surface area contributed by atoms with Gasteiger partial charge < -0.3 is 15.6 Å². The lowest BCUT2D eigenvalue weighted by molar-refractivity contribution is 0.373. The summed E-state index contributed by atoms with van der Waals surface area (Å²) in [6.07, 6.45) is 0. The van der Waals surface area contributed by atoms with Crippen LogP contribution in [0.5, 0.6) is 11.5 Å². The highest BCUT2D eigenvalue weighted by atomic mass is 35.5. The molecule has 0 radical (unpaired) electrons. The summed E-state index contributed by atoms with van der Waals surface area (Å²) >= 11 is 5.76. The lowest BCUT2D eigenvalue weighted by Crippen LogP contribution is -2.05. The van der Waals surface area contributed by atoms with E-state index in [1.54, 1.807) is 12.1 Å². The van der Waals surface area contributed by atoms with Gasteiger partial charge in [-0.1, -0.05) is 11.6 Å². The molecule has 13 heavy (non-hydrogen) atoms. The van der Waals surface area contributed by atoms with Crippen molar-refractivity contribution >= 4 is 11.6 Å². The molecule has 1 atom stereocenters. The zero-order chi connectivity index (χ0) is 10.0. The molecule has 0 aliphatic heterocycles. The van der Waals surface area contributed by atoms with Gasteiger partial charge in [-0.2, -0.15) is 0 Å².